The maximum atomic E-state index is 13.0. The van der Waals surface area contributed by atoms with Crippen LogP contribution in [0, 0.1) is 17.7 Å². The molecule has 0 bridgehead atoms. The Morgan fingerprint density at radius 2 is 2.28 bits per heavy atom. The van der Waals surface area contributed by atoms with E-state index in [9.17, 15) is 9.18 Å². The van der Waals surface area contributed by atoms with Crippen LogP contribution in [0.15, 0.2) is 18.2 Å². The number of hydrogen-bond donors (Lipinski definition) is 2. The van der Waals surface area contributed by atoms with E-state index in [1.165, 1.54) is 18.2 Å². The Kier molecular flexibility index (Phi) is 4.19. The van der Waals surface area contributed by atoms with Gasteiger partial charge in [0.05, 0.1) is 5.02 Å². The van der Waals surface area contributed by atoms with Crippen LogP contribution in [0.1, 0.15) is 19.3 Å². The minimum Gasteiger partial charge on any atom is -0.330 e. The normalized spacial score (nSPS) is 23.1. The summed E-state index contributed by atoms with van der Waals surface area (Å²) in [5.74, 6) is -0.333. The first-order chi connectivity index (χ1) is 8.61. The topological polar surface area (TPSA) is 55.1 Å². The van der Waals surface area contributed by atoms with Gasteiger partial charge < -0.3 is 11.1 Å². The lowest BCUT2D eigenvalue weighted by atomic mass is 9.95. The van der Waals surface area contributed by atoms with E-state index >= 15 is 0 Å². The molecule has 1 amide bonds. The molecule has 1 aliphatic carbocycles. The molecule has 1 aromatic rings. The molecule has 1 fully saturated rings. The highest BCUT2D eigenvalue weighted by Crippen LogP contribution is 2.32. The number of rotatable bonds is 3. The van der Waals surface area contributed by atoms with Gasteiger partial charge >= 0.3 is 0 Å². The van der Waals surface area contributed by atoms with E-state index < -0.39 is 5.82 Å². The molecule has 0 spiro atoms. The first kappa shape index (κ1) is 13.3. The van der Waals surface area contributed by atoms with E-state index in [0.29, 0.717) is 12.2 Å². The predicted octanol–water partition coefficient (Wildman–Crippen LogP) is 2.79. The zero-order chi connectivity index (χ0) is 13.1. The van der Waals surface area contributed by atoms with E-state index in [-0.39, 0.29) is 22.8 Å². The largest absolute Gasteiger partial charge is 0.330 e. The Hall–Kier alpha value is -1.13. The third-order valence-electron chi connectivity index (χ3n) is 3.49. The van der Waals surface area contributed by atoms with Crippen molar-refractivity contribution in [2.24, 2.45) is 17.6 Å². The van der Waals surface area contributed by atoms with Crippen LogP contribution < -0.4 is 11.1 Å². The molecule has 2 atom stereocenters. The number of benzene rings is 1. The van der Waals surface area contributed by atoms with Crippen LogP contribution in [-0.2, 0) is 4.79 Å². The number of hydrogen-bond acceptors (Lipinski definition) is 2. The highest BCUT2D eigenvalue weighted by Gasteiger charge is 2.31. The maximum Gasteiger partial charge on any atom is 0.227 e. The molecule has 2 unspecified atom stereocenters. The molecule has 0 radical (unpaired) electrons. The van der Waals surface area contributed by atoms with Gasteiger partial charge in [-0.25, -0.2) is 4.39 Å². The number of carbonyl (C=O) groups excluding carboxylic acids is 1. The van der Waals surface area contributed by atoms with Crippen molar-refractivity contribution in [2.75, 3.05) is 11.9 Å². The van der Waals surface area contributed by atoms with Crippen LogP contribution in [0.25, 0.3) is 0 Å². The highest BCUT2D eigenvalue weighted by atomic mass is 35.5. The Morgan fingerprint density at radius 3 is 2.94 bits per heavy atom. The van der Waals surface area contributed by atoms with Crippen molar-refractivity contribution in [2.45, 2.75) is 19.3 Å². The van der Waals surface area contributed by atoms with Crippen LogP contribution in [-0.4, -0.2) is 12.5 Å². The van der Waals surface area contributed by atoms with Gasteiger partial charge in [-0.05, 0) is 43.5 Å². The molecule has 0 aliphatic heterocycles. The third kappa shape index (κ3) is 2.82. The Morgan fingerprint density at radius 1 is 1.50 bits per heavy atom. The average Bonchev–Trinajstić information content (AvgIpc) is 2.82. The minimum atomic E-state index is -0.490. The number of halogens is 2. The summed E-state index contributed by atoms with van der Waals surface area (Å²) in [5.41, 5.74) is 6.17. The molecule has 0 saturated heterocycles. The second kappa shape index (κ2) is 5.67. The summed E-state index contributed by atoms with van der Waals surface area (Å²) in [6.45, 7) is 0.530. The van der Waals surface area contributed by atoms with Gasteiger partial charge in [0.1, 0.15) is 5.82 Å². The number of amides is 1. The van der Waals surface area contributed by atoms with Gasteiger partial charge in [0.2, 0.25) is 5.91 Å². The quantitative estimate of drug-likeness (QED) is 0.887. The molecule has 0 heterocycles. The monoisotopic (exact) mass is 270 g/mol. The van der Waals surface area contributed by atoms with Gasteiger partial charge in [-0.3, -0.25) is 4.79 Å². The summed E-state index contributed by atoms with van der Waals surface area (Å²) in [4.78, 5) is 12.1. The van der Waals surface area contributed by atoms with Gasteiger partial charge in [0.15, 0.2) is 0 Å². The fourth-order valence-electron chi connectivity index (χ4n) is 2.47. The fourth-order valence-corrected chi connectivity index (χ4v) is 2.65. The molecule has 3 nitrogen and oxygen atoms in total. The summed E-state index contributed by atoms with van der Waals surface area (Å²) < 4.78 is 13.0. The van der Waals surface area contributed by atoms with Gasteiger partial charge in [-0.1, -0.05) is 18.0 Å². The molecular formula is C13H16ClFN2O. The molecule has 2 rings (SSSR count). The Bertz CT molecular complexity index is 453. The summed E-state index contributed by atoms with van der Waals surface area (Å²) in [6, 6.07) is 4.17. The second-order valence-corrected chi connectivity index (χ2v) is 5.06. The summed E-state index contributed by atoms with van der Waals surface area (Å²) in [7, 11) is 0. The maximum absolute atomic E-state index is 13.0. The third-order valence-corrected chi connectivity index (χ3v) is 3.78. The number of anilines is 1. The van der Waals surface area contributed by atoms with E-state index in [0.717, 1.165) is 19.3 Å². The van der Waals surface area contributed by atoms with Crippen molar-refractivity contribution >= 4 is 23.2 Å². The molecular weight excluding hydrogens is 255 g/mol. The van der Waals surface area contributed by atoms with Crippen LogP contribution in [0.3, 0.4) is 0 Å². The molecule has 5 heteroatoms. The summed E-state index contributed by atoms with van der Waals surface area (Å²) >= 11 is 5.67. The van der Waals surface area contributed by atoms with Crippen molar-refractivity contribution in [3.63, 3.8) is 0 Å². The number of nitrogens with two attached hydrogens (primary N) is 1. The van der Waals surface area contributed by atoms with E-state index in [2.05, 4.69) is 5.32 Å². The molecule has 0 aromatic heterocycles. The van der Waals surface area contributed by atoms with Crippen molar-refractivity contribution < 1.29 is 9.18 Å². The molecule has 1 aliphatic rings. The highest BCUT2D eigenvalue weighted by molar-refractivity contribution is 6.31. The number of nitrogens with one attached hydrogen (secondary N) is 1. The molecule has 98 valence electrons. The van der Waals surface area contributed by atoms with Crippen LogP contribution in [0.4, 0.5) is 10.1 Å². The predicted molar refractivity (Wildman–Crippen MR) is 69.9 cm³/mol. The Labute approximate surface area is 111 Å². The van der Waals surface area contributed by atoms with Gasteiger partial charge in [0.25, 0.3) is 0 Å². The zero-order valence-corrected chi connectivity index (χ0v) is 10.7. The van der Waals surface area contributed by atoms with Crippen molar-refractivity contribution in [1.82, 2.24) is 0 Å². The van der Waals surface area contributed by atoms with Gasteiger partial charge in [-0.2, -0.15) is 0 Å². The van der Waals surface area contributed by atoms with Crippen molar-refractivity contribution in [1.29, 1.82) is 0 Å². The first-order valence-corrected chi connectivity index (χ1v) is 6.45. The van der Waals surface area contributed by atoms with Crippen molar-refractivity contribution in [3.8, 4) is 0 Å². The van der Waals surface area contributed by atoms with Crippen LogP contribution in [0.2, 0.25) is 5.02 Å². The SMILES string of the molecule is NCC1CCCC1C(=O)Nc1ccc(F)c(Cl)c1. The lowest BCUT2D eigenvalue weighted by Crippen LogP contribution is -2.29. The summed E-state index contributed by atoms with van der Waals surface area (Å²) in [6.07, 6.45) is 2.89. The molecule has 1 saturated carbocycles. The van der Waals surface area contributed by atoms with Crippen molar-refractivity contribution in [3.05, 3.63) is 29.0 Å². The fraction of sp³-hybridized carbons (Fsp3) is 0.462. The van der Waals surface area contributed by atoms with Crippen LogP contribution in [0.5, 0.6) is 0 Å². The smallest absolute Gasteiger partial charge is 0.227 e. The lowest BCUT2D eigenvalue weighted by molar-refractivity contribution is -0.120. The van der Waals surface area contributed by atoms with E-state index in [1.807, 2.05) is 0 Å². The lowest BCUT2D eigenvalue weighted by Gasteiger charge is -2.17. The second-order valence-electron chi connectivity index (χ2n) is 4.65. The van der Waals surface area contributed by atoms with E-state index in [1.54, 1.807) is 0 Å². The Balaban J connectivity index is 2.04. The standard InChI is InChI=1S/C13H16ClFN2O/c14-11-6-9(4-5-12(11)15)17-13(18)10-3-1-2-8(10)7-16/h4-6,8,10H,1-3,7,16H2,(H,17,18). The van der Waals surface area contributed by atoms with Crippen LogP contribution >= 0.6 is 11.6 Å². The molecule has 18 heavy (non-hydrogen) atoms. The molecule has 3 N–H and O–H groups in total. The van der Waals surface area contributed by atoms with E-state index in [4.69, 9.17) is 17.3 Å². The summed E-state index contributed by atoms with van der Waals surface area (Å²) in [5, 5.41) is 2.78. The van der Waals surface area contributed by atoms with Gasteiger partial charge in [-0.15, -0.1) is 0 Å². The molecule has 1 aromatic carbocycles. The average molecular weight is 271 g/mol. The van der Waals surface area contributed by atoms with Gasteiger partial charge in [0, 0.05) is 11.6 Å². The first-order valence-electron chi connectivity index (χ1n) is 6.08. The minimum absolute atomic E-state index is 0.00889. The zero-order valence-electron chi connectivity index (χ0n) is 9.96. The number of carbonyl (C=O) groups is 1.